The van der Waals surface area contributed by atoms with E-state index in [1.165, 1.54) is 0 Å². The average Bonchev–Trinajstić information content (AvgIpc) is 2.88. The van der Waals surface area contributed by atoms with Crippen molar-refractivity contribution in [2.45, 2.75) is 26.4 Å². The molecule has 0 fully saturated rings. The summed E-state index contributed by atoms with van der Waals surface area (Å²) in [6.07, 6.45) is 1.69. The number of anilines is 1. The molecule has 0 aliphatic heterocycles. The quantitative estimate of drug-likeness (QED) is 0.250. The van der Waals surface area contributed by atoms with Crippen molar-refractivity contribution in [1.82, 2.24) is 5.43 Å². The molecule has 0 unspecified atom stereocenters. The second-order valence-corrected chi connectivity index (χ2v) is 8.13. The normalized spacial score (nSPS) is 10.9. The van der Waals surface area contributed by atoms with Gasteiger partial charge in [-0.2, -0.15) is 5.10 Å². The molecule has 4 rings (SSSR count). The number of hydrogen-bond acceptors (Lipinski definition) is 4. The molecule has 0 spiro atoms. The van der Waals surface area contributed by atoms with Gasteiger partial charge in [0.25, 0.3) is 0 Å². The van der Waals surface area contributed by atoms with E-state index in [9.17, 15) is 9.59 Å². The van der Waals surface area contributed by atoms with Crippen LogP contribution in [0.1, 0.15) is 29.5 Å². The van der Waals surface area contributed by atoms with Gasteiger partial charge in [-0.3, -0.25) is 9.59 Å². The van der Waals surface area contributed by atoms with Crippen LogP contribution in [0.5, 0.6) is 5.75 Å². The number of carbonyl (C=O) groups excluding carboxylic acids is 2. The molecule has 0 saturated heterocycles. The molecule has 35 heavy (non-hydrogen) atoms. The first-order chi connectivity index (χ1) is 17.1. The first kappa shape index (κ1) is 23.7. The maximum Gasteiger partial charge on any atom is 0.240 e. The smallest absolute Gasteiger partial charge is 0.240 e. The Bertz CT molecular complexity index is 1350. The molecule has 176 valence electrons. The van der Waals surface area contributed by atoms with E-state index >= 15 is 0 Å². The minimum atomic E-state index is -0.340. The zero-order chi connectivity index (χ0) is 24.5. The number of benzene rings is 4. The van der Waals surface area contributed by atoms with E-state index in [2.05, 4.69) is 15.8 Å². The summed E-state index contributed by atoms with van der Waals surface area (Å²) in [6, 6.07) is 29.3. The lowest BCUT2D eigenvalue weighted by molar-refractivity contribution is -0.124. The Morgan fingerprint density at radius 2 is 1.54 bits per heavy atom. The summed E-state index contributed by atoms with van der Waals surface area (Å²) in [6.45, 7) is 2.34. The van der Waals surface area contributed by atoms with Crippen molar-refractivity contribution >= 4 is 34.5 Å². The molecule has 0 heterocycles. The highest BCUT2D eigenvalue weighted by Crippen LogP contribution is 2.27. The Balaban J connectivity index is 1.39. The number of hydrazone groups is 1. The van der Waals surface area contributed by atoms with Crippen molar-refractivity contribution < 1.29 is 14.3 Å². The first-order valence-corrected chi connectivity index (χ1v) is 11.5. The predicted octanol–water partition coefficient (Wildman–Crippen LogP) is 5.60. The van der Waals surface area contributed by atoms with E-state index in [1.54, 1.807) is 6.21 Å². The van der Waals surface area contributed by atoms with Gasteiger partial charge in [-0.1, -0.05) is 78.9 Å². The van der Waals surface area contributed by atoms with Gasteiger partial charge in [-0.25, -0.2) is 5.43 Å². The second-order valence-electron chi connectivity index (χ2n) is 8.13. The van der Waals surface area contributed by atoms with Crippen LogP contribution in [0.15, 0.2) is 96.1 Å². The summed E-state index contributed by atoms with van der Waals surface area (Å²) < 4.78 is 6.08. The third-order valence-corrected chi connectivity index (χ3v) is 5.55. The highest BCUT2D eigenvalue weighted by atomic mass is 16.5. The van der Waals surface area contributed by atoms with Crippen LogP contribution in [-0.2, 0) is 16.2 Å². The molecule has 4 aromatic carbocycles. The fraction of sp³-hybridized carbons (Fsp3) is 0.138. The van der Waals surface area contributed by atoms with Crippen molar-refractivity contribution in [3.05, 3.63) is 108 Å². The van der Waals surface area contributed by atoms with Gasteiger partial charge in [-0.15, -0.1) is 0 Å². The molecule has 0 aromatic heterocycles. The van der Waals surface area contributed by atoms with Crippen molar-refractivity contribution in [1.29, 1.82) is 0 Å². The Labute approximate surface area is 204 Å². The fourth-order valence-electron chi connectivity index (χ4n) is 3.65. The monoisotopic (exact) mass is 465 g/mol. The summed E-state index contributed by atoms with van der Waals surface area (Å²) in [5.74, 6) is 0.111. The number of carbonyl (C=O) groups is 2. The Kier molecular flexibility index (Phi) is 7.86. The van der Waals surface area contributed by atoms with Gasteiger partial charge in [0.2, 0.25) is 11.8 Å². The van der Waals surface area contributed by atoms with Crippen LogP contribution in [-0.4, -0.2) is 18.0 Å². The number of ether oxygens (including phenoxy) is 1. The van der Waals surface area contributed by atoms with E-state index in [-0.39, 0.29) is 24.7 Å². The molecular formula is C29H27N3O3. The standard InChI is InChI=1S/C29H27N3O3/c1-21-9-5-8-14-26(21)31-28(33)17-18-29(34)32-30-19-25-24-13-7-6-12-23(24)15-16-27(25)35-20-22-10-3-2-4-11-22/h2-16,19H,17-18,20H2,1H3,(H,31,33)(H,32,34). The van der Waals surface area contributed by atoms with Crippen LogP contribution < -0.4 is 15.5 Å². The van der Waals surface area contributed by atoms with Gasteiger partial charge in [0.05, 0.1) is 6.21 Å². The van der Waals surface area contributed by atoms with E-state index in [4.69, 9.17) is 4.74 Å². The molecular weight excluding hydrogens is 438 g/mol. The molecule has 2 N–H and O–H groups in total. The number of nitrogens with one attached hydrogen (secondary N) is 2. The summed E-state index contributed by atoms with van der Waals surface area (Å²) in [5.41, 5.74) is 6.07. The van der Waals surface area contributed by atoms with Crippen molar-refractivity contribution in [2.24, 2.45) is 5.10 Å². The lowest BCUT2D eigenvalue weighted by Crippen LogP contribution is -2.21. The molecule has 0 aliphatic carbocycles. The van der Waals surface area contributed by atoms with E-state index in [0.717, 1.165) is 33.2 Å². The lowest BCUT2D eigenvalue weighted by atomic mass is 10.0. The summed E-state index contributed by atoms with van der Waals surface area (Å²) >= 11 is 0. The maximum absolute atomic E-state index is 12.3. The van der Waals surface area contributed by atoms with Crippen molar-refractivity contribution in [3.63, 3.8) is 0 Å². The molecule has 0 bridgehead atoms. The Morgan fingerprint density at radius 3 is 2.37 bits per heavy atom. The van der Waals surface area contributed by atoms with Crippen LogP contribution >= 0.6 is 0 Å². The van der Waals surface area contributed by atoms with Crippen LogP contribution in [0.2, 0.25) is 0 Å². The van der Waals surface area contributed by atoms with Crippen molar-refractivity contribution in [2.75, 3.05) is 5.32 Å². The molecule has 6 heteroatoms. The van der Waals surface area contributed by atoms with Crippen molar-refractivity contribution in [3.8, 4) is 5.75 Å². The van der Waals surface area contributed by atoms with Crippen LogP contribution in [0.25, 0.3) is 10.8 Å². The van der Waals surface area contributed by atoms with Gasteiger partial charge >= 0.3 is 0 Å². The summed E-state index contributed by atoms with van der Waals surface area (Å²) in [4.78, 5) is 24.5. The topological polar surface area (TPSA) is 79.8 Å². The third-order valence-electron chi connectivity index (χ3n) is 5.55. The number of fused-ring (bicyclic) bond motifs is 1. The number of rotatable bonds is 9. The average molecular weight is 466 g/mol. The molecule has 0 radical (unpaired) electrons. The molecule has 6 nitrogen and oxygen atoms in total. The summed E-state index contributed by atoms with van der Waals surface area (Å²) in [5, 5.41) is 8.98. The predicted molar refractivity (Wildman–Crippen MR) is 140 cm³/mol. The SMILES string of the molecule is Cc1ccccc1NC(=O)CCC(=O)NN=Cc1c(OCc2ccccc2)ccc2ccccc12. The van der Waals surface area contributed by atoms with E-state index < -0.39 is 0 Å². The molecule has 0 saturated carbocycles. The Hall–Kier alpha value is -4.45. The van der Waals surface area contributed by atoms with Gasteiger partial charge in [0, 0.05) is 24.1 Å². The second kappa shape index (κ2) is 11.6. The summed E-state index contributed by atoms with van der Waals surface area (Å²) in [7, 11) is 0. The molecule has 0 atom stereocenters. The van der Waals surface area contributed by atoms with Gasteiger partial charge in [0.15, 0.2) is 0 Å². The number of hydrogen-bond donors (Lipinski definition) is 2. The van der Waals surface area contributed by atoms with Crippen LogP contribution in [0.3, 0.4) is 0 Å². The Morgan fingerprint density at radius 1 is 0.829 bits per heavy atom. The first-order valence-electron chi connectivity index (χ1n) is 11.5. The van der Waals surface area contributed by atoms with E-state index in [0.29, 0.717) is 12.4 Å². The van der Waals surface area contributed by atoms with Crippen LogP contribution in [0.4, 0.5) is 5.69 Å². The molecule has 2 amide bonds. The highest BCUT2D eigenvalue weighted by Gasteiger charge is 2.10. The zero-order valence-corrected chi connectivity index (χ0v) is 19.5. The van der Waals surface area contributed by atoms with E-state index in [1.807, 2.05) is 97.9 Å². The number of para-hydroxylation sites is 1. The third kappa shape index (κ3) is 6.54. The lowest BCUT2D eigenvalue weighted by Gasteiger charge is -2.12. The van der Waals surface area contributed by atoms with Gasteiger partial charge in [-0.05, 0) is 41.0 Å². The molecule has 0 aliphatic rings. The number of aryl methyl sites for hydroxylation is 1. The zero-order valence-electron chi connectivity index (χ0n) is 19.5. The van der Waals surface area contributed by atoms with Gasteiger partial charge < -0.3 is 10.1 Å². The minimum absolute atomic E-state index is 0.0297. The molecule has 4 aromatic rings. The van der Waals surface area contributed by atoms with Gasteiger partial charge in [0.1, 0.15) is 12.4 Å². The van der Waals surface area contributed by atoms with Crippen LogP contribution in [0, 0.1) is 6.92 Å². The highest BCUT2D eigenvalue weighted by molar-refractivity contribution is 6.02. The minimum Gasteiger partial charge on any atom is -0.488 e. The number of amides is 2. The number of nitrogens with zero attached hydrogens (tertiary/aromatic N) is 1. The largest absolute Gasteiger partial charge is 0.488 e. The fourth-order valence-corrected chi connectivity index (χ4v) is 3.65. The maximum atomic E-state index is 12.3.